The summed E-state index contributed by atoms with van der Waals surface area (Å²) in [5, 5.41) is 1.43. The van der Waals surface area contributed by atoms with E-state index in [0.717, 1.165) is 5.56 Å². The first-order chi connectivity index (χ1) is 14.3. The van der Waals surface area contributed by atoms with Gasteiger partial charge in [-0.25, -0.2) is 9.46 Å². The highest BCUT2D eigenvalue weighted by molar-refractivity contribution is 7.77. The van der Waals surface area contributed by atoms with Gasteiger partial charge < -0.3 is 4.74 Å². The first-order valence-corrected chi connectivity index (χ1v) is 11.8. The fourth-order valence-electron chi connectivity index (χ4n) is 5.50. The van der Waals surface area contributed by atoms with E-state index in [0.29, 0.717) is 10.6 Å². The van der Waals surface area contributed by atoms with E-state index in [2.05, 4.69) is 0 Å². The first kappa shape index (κ1) is 19.3. The topological polar surface area (TPSA) is 46.4 Å². The van der Waals surface area contributed by atoms with Gasteiger partial charge in [0.2, 0.25) is 7.29 Å². The largest absolute Gasteiger partial charge is 0.456 e. The van der Waals surface area contributed by atoms with E-state index in [1.807, 2.05) is 116 Å². The van der Waals surface area contributed by atoms with Crippen LogP contribution in [-0.2, 0) is 19.6 Å². The molecule has 2 aliphatic heterocycles. The molecule has 30 heavy (non-hydrogen) atoms. The van der Waals surface area contributed by atoms with Gasteiger partial charge in [-0.2, -0.15) is 0 Å². The highest BCUT2D eigenvalue weighted by atomic mass is 31.2. The number of ether oxygens (including phenoxy) is 1. The molecule has 0 amide bonds. The summed E-state index contributed by atoms with van der Waals surface area (Å²) in [5.74, 6) is -0.330. The lowest BCUT2D eigenvalue weighted by molar-refractivity contribution is -0.155. The third-order valence-electron chi connectivity index (χ3n) is 6.70. The van der Waals surface area contributed by atoms with Gasteiger partial charge in [0.15, 0.2) is 5.54 Å². The van der Waals surface area contributed by atoms with E-state index in [-0.39, 0.29) is 5.97 Å². The smallest absolute Gasteiger partial charge is 0.329 e. The van der Waals surface area contributed by atoms with Crippen LogP contribution >= 0.6 is 7.29 Å². The summed E-state index contributed by atoms with van der Waals surface area (Å²) >= 11 is 0. The molecule has 0 N–H and O–H groups in total. The summed E-state index contributed by atoms with van der Waals surface area (Å²) in [6, 6.07) is 28.8. The van der Waals surface area contributed by atoms with Crippen molar-refractivity contribution in [2.45, 2.75) is 37.5 Å². The van der Waals surface area contributed by atoms with Crippen molar-refractivity contribution >= 4 is 23.9 Å². The predicted octanol–water partition coefficient (Wildman–Crippen LogP) is 4.22. The Morgan fingerprint density at radius 3 is 1.63 bits per heavy atom. The van der Waals surface area contributed by atoms with Crippen LogP contribution < -0.4 is 10.6 Å². The monoisotopic (exact) mass is 417 g/mol. The molecule has 5 rings (SSSR count). The number of carbonyl (C=O) groups excluding carboxylic acids is 1. The van der Waals surface area contributed by atoms with Crippen molar-refractivity contribution < 1.29 is 14.1 Å². The zero-order chi connectivity index (χ0) is 21.2. The Hall–Kier alpha value is -2.68. The highest BCUT2D eigenvalue weighted by Crippen LogP contribution is 2.79. The van der Waals surface area contributed by atoms with Gasteiger partial charge in [-0.3, -0.25) is 4.57 Å². The summed E-state index contributed by atoms with van der Waals surface area (Å²) in [6.07, 6.45) is 0. The van der Waals surface area contributed by atoms with Gasteiger partial charge >= 0.3 is 5.97 Å². The van der Waals surface area contributed by atoms with Gasteiger partial charge in [0.05, 0.1) is 0 Å². The first-order valence-electron chi connectivity index (χ1n) is 10.1. The molecule has 0 aliphatic carbocycles. The molecule has 0 radical (unpaired) electrons. The van der Waals surface area contributed by atoms with Crippen molar-refractivity contribution in [2.24, 2.45) is 0 Å². The molecule has 152 valence electrons. The molecule has 4 nitrogen and oxygen atoms in total. The Morgan fingerprint density at radius 2 is 1.17 bits per heavy atom. The lowest BCUT2D eigenvalue weighted by atomic mass is 9.78. The van der Waals surface area contributed by atoms with E-state index in [4.69, 9.17) is 4.74 Å². The molecular formula is C25H24NO3P. The summed E-state index contributed by atoms with van der Waals surface area (Å²) in [7, 11) is -3.34. The number of esters is 1. The second kappa shape index (κ2) is 6.16. The van der Waals surface area contributed by atoms with Crippen molar-refractivity contribution in [1.82, 2.24) is 4.67 Å². The Morgan fingerprint density at radius 1 is 0.733 bits per heavy atom. The molecule has 5 heteroatoms. The van der Waals surface area contributed by atoms with Gasteiger partial charge in [0.1, 0.15) is 11.1 Å². The quantitative estimate of drug-likeness (QED) is 0.362. The Bertz CT molecular complexity index is 1120. The molecule has 0 saturated carbocycles. The van der Waals surface area contributed by atoms with Crippen LogP contribution in [0.15, 0.2) is 91.0 Å². The number of nitrogens with zero attached hydrogens (tertiary/aromatic N) is 1. The van der Waals surface area contributed by atoms with E-state index >= 15 is 4.57 Å². The third kappa shape index (κ3) is 2.11. The van der Waals surface area contributed by atoms with Crippen molar-refractivity contribution in [3.8, 4) is 0 Å². The molecule has 2 heterocycles. The minimum atomic E-state index is -3.34. The van der Waals surface area contributed by atoms with Crippen LogP contribution in [-0.4, -0.2) is 21.8 Å². The van der Waals surface area contributed by atoms with Crippen LogP contribution in [0.25, 0.3) is 0 Å². The third-order valence-corrected chi connectivity index (χ3v) is 9.96. The van der Waals surface area contributed by atoms with E-state index < -0.39 is 24.0 Å². The van der Waals surface area contributed by atoms with Crippen LogP contribution in [0.1, 0.15) is 26.3 Å². The highest BCUT2D eigenvalue weighted by Gasteiger charge is 2.92. The molecule has 0 aromatic heterocycles. The molecule has 2 aliphatic rings. The maximum absolute atomic E-state index is 15.1. The number of benzene rings is 3. The number of cyclic esters (lactones) is 1. The number of carbonyl (C=O) groups is 1. The molecule has 3 aromatic rings. The molecule has 2 fully saturated rings. The number of hydrogen-bond donors (Lipinski definition) is 0. The van der Waals surface area contributed by atoms with Crippen LogP contribution in [0.3, 0.4) is 0 Å². The normalized spacial score (nSPS) is 29.2. The average molecular weight is 417 g/mol. The minimum absolute atomic E-state index is 0.330. The lowest BCUT2D eigenvalue weighted by Gasteiger charge is -2.35. The zero-order valence-corrected chi connectivity index (χ0v) is 18.2. The van der Waals surface area contributed by atoms with Crippen molar-refractivity contribution in [2.75, 3.05) is 0 Å². The Labute approximate surface area is 176 Å². The van der Waals surface area contributed by atoms with Gasteiger partial charge in [-0.05, 0) is 50.6 Å². The standard InChI is InChI=1S/C25H24NO3P/c1-23(2)25(19-13-7-4-8-14-19)24(3,22(27)29-23)26(25)30(28,20-15-9-5-10-16-20)21-17-11-6-12-18-21/h4-18H,1-3H3/t24-,25+,26?/m0/s1. The summed E-state index contributed by atoms with van der Waals surface area (Å²) in [5.41, 5.74) is -1.77. The van der Waals surface area contributed by atoms with Crippen molar-refractivity contribution in [3.63, 3.8) is 0 Å². The number of morpholine rings is 1. The van der Waals surface area contributed by atoms with Crippen LogP contribution in [0.5, 0.6) is 0 Å². The number of fused-ring (bicyclic) bond motifs is 1. The lowest BCUT2D eigenvalue weighted by Crippen LogP contribution is -2.42. The summed E-state index contributed by atoms with van der Waals surface area (Å²) in [6.45, 7) is 5.71. The van der Waals surface area contributed by atoms with E-state index in [9.17, 15) is 4.79 Å². The maximum atomic E-state index is 15.1. The second-order valence-electron chi connectivity index (χ2n) is 8.61. The molecule has 3 aromatic carbocycles. The molecular weight excluding hydrogens is 393 g/mol. The van der Waals surface area contributed by atoms with Crippen LogP contribution in [0, 0.1) is 0 Å². The molecule has 3 atom stereocenters. The maximum Gasteiger partial charge on any atom is 0.329 e. The second-order valence-corrected chi connectivity index (χ2v) is 11.2. The number of rotatable bonds is 4. The Kier molecular flexibility index (Phi) is 3.96. The zero-order valence-electron chi connectivity index (χ0n) is 17.3. The molecule has 1 unspecified atom stereocenters. The van der Waals surface area contributed by atoms with Crippen molar-refractivity contribution in [1.29, 1.82) is 0 Å². The van der Waals surface area contributed by atoms with Gasteiger partial charge in [0.25, 0.3) is 0 Å². The number of hydrogen-bond acceptors (Lipinski definition) is 3. The Balaban J connectivity index is 1.83. The molecule has 0 spiro atoms. The van der Waals surface area contributed by atoms with Crippen LogP contribution in [0.4, 0.5) is 0 Å². The van der Waals surface area contributed by atoms with E-state index in [1.54, 1.807) is 0 Å². The van der Waals surface area contributed by atoms with Gasteiger partial charge in [-0.1, -0.05) is 66.7 Å². The van der Waals surface area contributed by atoms with E-state index in [1.165, 1.54) is 0 Å². The summed E-state index contributed by atoms with van der Waals surface area (Å²) < 4.78 is 22.9. The fourth-order valence-corrected chi connectivity index (χ4v) is 9.13. The molecule has 2 saturated heterocycles. The SMILES string of the molecule is CC1(C)OC(=O)[C@]2(C)N(P(=O)(c3ccccc3)c3ccccc3)[C@]12c1ccccc1. The summed E-state index contributed by atoms with van der Waals surface area (Å²) in [4.78, 5) is 13.3. The van der Waals surface area contributed by atoms with Gasteiger partial charge in [-0.15, -0.1) is 0 Å². The predicted molar refractivity (Wildman–Crippen MR) is 118 cm³/mol. The molecule has 0 bridgehead atoms. The van der Waals surface area contributed by atoms with Crippen LogP contribution in [0.2, 0.25) is 0 Å². The minimum Gasteiger partial charge on any atom is -0.456 e. The van der Waals surface area contributed by atoms with Gasteiger partial charge in [0, 0.05) is 10.6 Å². The average Bonchev–Trinajstić information content (AvgIpc) is 3.34. The fraction of sp³-hybridized carbons (Fsp3) is 0.240. The van der Waals surface area contributed by atoms with Crippen molar-refractivity contribution in [3.05, 3.63) is 96.6 Å².